The number of methoxy groups -OCH3 is 1. The van der Waals surface area contributed by atoms with E-state index in [1.54, 1.807) is 25.2 Å². The number of carbonyl (C=O) groups is 3. The van der Waals surface area contributed by atoms with Crippen LogP contribution in [0.3, 0.4) is 0 Å². The van der Waals surface area contributed by atoms with Crippen LogP contribution in [0.1, 0.15) is 27.2 Å². The first-order chi connectivity index (χ1) is 13.4. The van der Waals surface area contributed by atoms with Gasteiger partial charge < -0.3 is 24.7 Å². The average molecular weight is 384 g/mol. The molecule has 4 amide bonds. The molecule has 2 aromatic rings. The number of urea groups is 1. The fourth-order valence-electron chi connectivity index (χ4n) is 3.68. The molecule has 2 aliphatic heterocycles. The molecule has 9 nitrogen and oxygen atoms in total. The Morgan fingerprint density at radius 1 is 1.29 bits per heavy atom. The van der Waals surface area contributed by atoms with Crippen LogP contribution in [-0.4, -0.2) is 43.4 Å². The Balaban J connectivity index is 1.71. The molecule has 1 fully saturated rings. The highest BCUT2D eigenvalue weighted by molar-refractivity contribution is 6.08. The van der Waals surface area contributed by atoms with Crippen LogP contribution in [0.15, 0.2) is 28.7 Å². The first-order valence-electron chi connectivity index (χ1n) is 8.76. The Hall–Kier alpha value is -3.49. The van der Waals surface area contributed by atoms with Gasteiger partial charge >= 0.3 is 6.03 Å². The summed E-state index contributed by atoms with van der Waals surface area (Å²) in [6, 6.07) is 6.34. The van der Waals surface area contributed by atoms with Crippen LogP contribution in [0, 0.1) is 6.92 Å². The predicted octanol–water partition coefficient (Wildman–Crippen LogP) is 1.33. The maximum atomic E-state index is 12.9. The third-order valence-electron chi connectivity index (χ3n) is 5.13. The molecule has 0 spiro atoms. The number of hydrogen-bond acceptors (Lipinski definition) is 6. The van der Waals surface area contributed by atoms with Crippen LogP contribution >= 0.6 is 0 Å². The summed E-state index contributed by atoms with van der Waals surface area (Å²) in [5.74, 6) is 0.536. The van der Waals surface area contributed by atoms with Gasteiger partial charge in [0.15, 0.2) is 11.4 Å². The largest absolute Gasteiger partial charge is 0.497 e. The summed E-state index contributed by atoms with van der Waals surface area (Å²) in [5.41, 5.74) is 0.633. The number of benzene rings is 1. The van der Waals surface area contributed by atoms with Gasteiger partial charge in [-0.15, -0.1) is 0 Å². The van der Waals surface area contributed by atoms with E-state index >= 15 is 0 Å². The lowest BCUT2D eigenvalue weighted by molar-refractivity contribution is -0.125. The fraction of sp³-hybridized carbons (Fsp3) is 0.316. The third kappa shape index (κ3) is 2.58. The Bertz CT molecular complexity index is 998. The van der Waals surface area contributed by atoms with Crippen molar-refractivity contribution in [3.05, 3.63) is 46.7 Å². The standard InChI is InChI=1S/C19H20N4O5/c1-10-6-14(28-15(10)20-2)19(17(25)21-18(26)22-19)9-23-8-11-4-5-12(27-3)7-13(11)16(23)24/h4-7,20H,8-9H2,1-3H3,(H2,21,22,25,26)/t19-/m0/s1. The van der Waals surface area contributed by atoms with E-state index in [4.69, 9.17) is 9.15 Å². The summed E-state index contributed by atoms with van der Waals surface area (Å²) in [6.07, 6.45) is 0. The maximum absolute atomic E-state index is 12.9. The third-order valence-corrected chi connectivity index (χ3v) is 5.13. The summed E-state index contributed by atoms with van der Waals surface area (Å²) < 4.78 is 11.0. The Morgan fingerprint density at radius 2 is 2.07 bits per heavy atom. The molecule has 0 aliphatic carbocycles. The maximum Gasteiger partial charge on any atom is 0.322 e. The monoisotopic (exact) mass is 384 g/mol. The van der Waals surface area contributed by atoms with Crippen molar-refractivity contribution < 1.29 is 23.5 Å². The second-order valence-corrected chi connectivity index (χ2v) is 6.87. The molecule has 2 aliphatic rings. The normalized spacial score (nSPS) is 20.8. The molecule has 1 saturated heterocycles. The first-order valence-corrected chi connectivity index (χ1v) is 8.76. The Labute approximate surface area is 161 Å². The molecule has 1 atom stereocenters. The van der Waals surface area contributed by atoms with E-state index in [9.17, 15) is 14.4 Å². The van der Waals surface area contributed by atoms with Crippen LogP contribution in [0.4, 0.5) is 10.7 Å². The summed E-state index contributed by atoms with van der Waals surface area (Å²) in [4.78, 5) is 39.1. The molecular formula is C19H20N4O5. The number of nitrogens with one attached hydrogen (secondary N) is 3. The van der Waals surface area contributed by atoms with Crippen molar-refractivity contribution >= 4 is 23.7 Å². The number of hydrogen-bond donors (Lipinski definition) is 3. The Kier molecular flexibility index (Phi) is 4.02. The zero-order valence-electron chi connectivity index (χ0n) is 15.7. The van der Waals surface area contributed by atoms with Gasteiger partial charge in [-0.05, 0) is 30.7 Å². The lowest BCUT2D eigenvalue weighted by Crippen LogP contribution is -2.52. The van der Waals surface area contributed by atoms with E-state index < -0.39 is 17.5 Å². The van der Waals surface area contributed by atoms with Crippen LogP contribution in [0.25, 0.3) is 0 Å². The van der Waals surface area contributed by atoms with Gasteiger partial charge in [0.1, 0.15) is 11.5 Å². The number of rotatable bonds is 5. The molecule has 0 unspecified atom stereocenters. The SMILES string of the molecule is CNc1oc([C@]2(CN3Cc4ccc(OC)cc4C3=O)NC(=O)NC2=O)cc1C. The van der Waals surface area contributed by atoms with Crippen LogP contribution in [0.5, 0.6) is 5.75 Å². The van der Waals surface area contributed by atoms with Crippen LogP contribution in [0.2, 0.25) is 0 Å². The van der Waals surface area contributed by atoms with E-state index in [-0.39, 0.29) is 18.2 Å². The van der Waals surface area contributed by atoms with E-state index in [0.717, 1.165) is 11.1 Å². The number of furan rings is 1. The van der Waals surface area contributed by atoms with Gasteiger partial charge in [0.2, 0.25) is 0 Å². The van der Waals surface area contributed by atoms with Gasteiger partial charge in [-0.2, -0.15) is 0 Å². The molecular weight excluding hydrogens is 364 g/mol. The molecule has 9 heteroatoms. The van der Waals surface area contributed by atoms with Gasteiger partial charge in [0.05, 0.1) is 13.7 Å². The van der Waals surface area contributed by atoms with Crippen molar-refractivity contribution in [2.75, 3.05) is 26.0 Å². The molecule has 3 N–H and O–H groups in total. The molecule has 1 aromatic heterocycles. The summed E-state index contributed by atoms with van der Waals surface area (Å²) in [7, 11) is 3.23. The number of anilines is 1. The number of imide groups is 1. The van der Waals surface area contributed by atoms with Gasteiger partial charge in [-0.1, -0.05) is 6.07 Å². The second kappa shape index (κ2) is 6.29. The predicted molar refractivity (Wildman–Crippen MR) is 99.1 cm³/mol. The molecule has 4 rings (SSSR count). The minimum Gasteiger partial charge on any atom is -0.497 e. The highest BCUT2D eigenvalue weighted by Gasteiger charge is 2.53. The van der Waals surface area contributed by atoms with Gasteiger partial charge in [0.25, 0.3) is 11.8 Å². The van der Waals surface area contributed by atoms with Crippen molar-refractivity contribution in [2.24, 2.45) is 0 Å². The number of amides is 4. The number of carbonyl (C=O) groups excluding carboxylic acids is 3. The van der Waals surface area contributed by atoms with Crippen molar-refractivity contribution in [3.63, 3.8) is 0 Å². The zero-order chi connectivity index (χ0) is 20.1. The molecule has 3 heterocycles. The van der Waals surface area contributed by atoms with Crippen molar-refractivity contribution in [2.45, 2.75) is 19.0 Å². The number of ether oxygens (including phenoxy) is 1. The summed E-state index contributed by atoms with van der Waals surface area (Å²) in [6.45, 7) is 2.09. The van der Waals surface area contributed by atoms with Crippen molar-refractivity contribution in [1.29, 1.82) is 0 Å². The smallest absolute Gasteiger partial charge is 0.322 e. The molecule has 0 radical (unpaired) electrons. The zero-order valence-corrected chi connectivity index (χ0v) is 15.7. The van der Waals surface area contributed by atoms with E-state index in [0.29, 0.717) is 23.7 Å². The lowest BCUT2D eigenvalue weighted by Gasteiger charge is -2.29. The average Bonchev–Trinajstić information content (AvgIpc) is 3.29. The number of aryl methyl sites for hydroxylation is 1. The van der Waals surface area contributed by atoms with Crippen molar-refractivity contribution in [3.8, 4) is 5.75 Å². The minimum absolute atomic E-state index is 0.0590. The first kappa shape index (κ1) is 17.9. The van der Waals surface area contributed by atoms with Gasteiger partial charge in [-0.25, -0.2) is 4.79 Å². The van der Waals surface area contributed by atoms with E-state index in [1.807, 2.05) is 13.0 Å². The lowest BCUT2D eigenvalue weighted by atomic mass is 9.95. The molecule has 28 heavy (non-hydrogen) atoms. The van der Waals surface area contributed by atoms with Gasteiger partial charge in [0, 0.05) is 24.7 Å². The minimum atomic E-state index is -1.50. The fourth-order valence-corrected chi connectivity index (χ4v) is 3.68. The van der Waals surface area contributed by atoms with E-state index in [2.05, 4.69) is 16.0 Å². The van der Waals surface area contributed by atoms with E-state index in [1.165, 1.54) is 12.0 Å². The molecule has 1 aromatic carbocycles. The van der Waals surface area contributed by atoms with Gasteiger partial charge in [-0.3, -0.25) is 14.9 Å². The van der Waals surface area contributed by atoms with Crippen molar-refractivity contribution in [1.82, 2.24) is 15.5 Å². The van der Waals surface area contributed by atoms with Crippen LogP contribution < -0.4 is 20.7 Å². The molecule has 146 valence electrons. The molecule has 0 bridgehead atoms. The quantitative estimate of drug-likeness (QED) is 0.671. The summed E-state index contributed by atoms with van der Waals surface area (Å²) in [5, 5.41) is 7.82. The highest BCUT2D eigenvalue weighted by Crippen LogP contribution is 2.35. The summed E-state index contributed by atoms with van der Waals surface area (Å²) >= 11 is 0. The van der Waals surface area contributed by atoms with Crippen LogP contribution in [-0.2, 0) is 16.9 Å². The molecule has 0 saturated carbocycles. The number of nitrogens with zero attached hydrogens (tertiary/aromatic N) is 1. The highest BCUT2D eigenvalue weighted by atomic mass is 16.5. The number of fused-ring (bicyclic) bond motifs is 1. The topological polar surface area (TPSA) is 113 Å². The second-order valence-electron chi connectivity index (χ2n) is 6.87. The Morgan fingerprint density at radius 3 is 2.68 bits per heavy atom.